The molecule has 0 heterocycles. The van der Waals surface area contributed by atoms with Crippen LogP contribution in [0.1, 0.15) is 40.5 Å². The number of ketones is 1. The van der Waals surface area contributed by atoms with Crippen molar-refractivity contribution in [2.75, 3.05) is 6.54 Å². The molecule has 3 N–H and O–H groups in total. The molecule has 0 amide bonds. The summed E-state index contributed by atoms with van der Waals surface area (Å²) in [5.74, 6) is 0.0794. The number of hydrogen-bond acceptors (Lipinski definition) is 3. The van der Waals surface area contributed by atoms with Crippen LogP contribution in [0.5, 0.6) is 0 Å². The van der Waals surface area contributed by atoms with Crippen molar-refractivity contribution in [1.29, 1.82) is 0 Å². The Morgan fingerprint density at radius 3 is 2.38 bits per heavy atom. The number of nitrogens with one attached hydrogen (secondary N) is 1. The van der Waals surface area contributed by atoms with E-state index in [2.05, 4.69) is 26.1 Å². The molecule has 0 aliphatic rings. The van der Waals surface area contributed by atoms with E-state index in [-0.39, 0.29) is 17.4 Å². The van der Waals surface area contributed by atoms with Gasteiger partial charge in [-0.25, -0.2) is 0 Å². The third kappa shape index (κ3) is 7.94. The van der Waals surface area contributed by atoms with Gasteiger partial charge < -0.3 is 11.1 Å². The van der Waals surface area contributed by atoms with Crippen molar-refractivity contribution >= 4 is 5.78 Å². The normalized spacial score (nSPS) is 14.2. The smallest absolute Gasteiger partial charge is 0.146 e. The van der Waals surface area contributed by atoms with E-state index < -0.39 is 0 Å². The van der Waals surface area contributed by atoms with Gasteiger partial charge in [-0.3, -0.25) is 4.79 Å². The van der Waals surface area contributed by atoms with Crippen LogP contribution in [0.3, 0.4) is 0 Å². The molecule has 0 aliphatic carbocycles. The van der Waals surface area contributed by atoms with Gasteiger partial charge in [-0.05, 0) is 47.1 Å². The van der Waals surface area contributed by atoms with Crippen LogP contribution >= 0.6 is 0 Å². The Hall–Kier alpha value is -0.410. The maximum absolute atomic E-state index is 10.8. The summed E-state index contributed by atoms with van der Waals surface area (Å²) < 4.78 is 0. The highest BCUT2D eigenvalue weighted by atomic mass is 16.1. The standard InChI is InChI=1S/C10H22N2O/c1-8(13)9(11)6-5-7-12-10(2,3)4/h9,12H,5-7,11H2,1-4H3. The largest absolute Gasteiger partial charge is 0.322 e. The molecule has 0 aromatic heterocycles. The molecule has 0 aromatic rings. The number of Topliss-reactive ketones (excluding diaryl/α,β-unsaturated/α-hetero) is 1. The fourth-order valence-corrected chi connectivity index (χ4v) is 0.989. The summed E-state index contributed by atoms with van der Waals surface area (Å²) in [5, 5.41) is 3.35. The fourth-order valence-electron chi connectivity index (χ4n) is 0.989. The zero-order chi connectivity index (χ0) is 10.5. The molecule has 78 valence electrons. The Morgan fingerprint density at radius 2 is 2.00 bits per heavy atom. The fraction of sp³-hybridized carbons (Fsp3) is 0.900. The molecule has 0 radical (unpaired) electrons. The van der Waals surface area contributed by atoms with E-state index in [9.17, 15) is 4.79 Å². The van der Waals surface area contributed by atoms with Crippen LogP contribution in [0.15, 0.2) is 0 Å². The van der Waals surface area contributed by atoms with Gasteiger partial charge in [-0.2, -0.15) is 0 Å². The Morgan fingerprint density at radius 1 is 1.46 bits per heavy atom. The molecule has 0 rings (SSSR count). The highest BCUT2D eigenvalue weighted by molar-refractivity contribution is 5.80. The second-order valence-corrected chi connectivity index (χ2v) is 4.54. The predicted molar refractivity (Wildman–Crippen MR) is 55.6 cm³/mol. The molecule has 3 heteroatoms. The minimum atomic E-state index is -0.276. The number of carbonyl (C=O) groups excluding carboxylic acids is 1. The monoisotopic (exact) mass is 186 g/mol. The summed E-state index contributed by atoms with van der Waals surface area (Å²) in [6.07, 6.45) is 1.73. The summed E-state index contributed by atoms with van der Waals surface area (Å²) in [6.45, 7) is 8.83. The highest BCUT2D eigenvalue weighted by Gasteiger charge is 2.10. The lowest BCUT2D eigenvalue weighted by atomic mass is 10.1. The Balaban J connectivity index is 3.41. The molecule has 1 unspecified atom stereocenters. The van der Waals surface area contributed by atoms with E-state index in [1.807, 2.05) is 0 Å². The van der Waals surface area contributed by atoms with Crippen LogP contribution in [0.4, 0.5) is 0 Å². The van der Waals surface area contributed by atoms with Crippen molar-refractivity contribution in [1.82, 2.24) is 5.32 Å². The molecule has 1 atom stereocenters. The molecule has 0 fully saturated rings. The van der Waals surface area contributed by atoms with E-state index >= 15 is 0 Å². The van der Waals surface area contributed by atoms with Crippen LogP contribution in [0.25, 0.3) is 0 Å². The lowest BCUT2D eigenvalue weighted by Crippen LogP contribution is -2.37. The van der Waals surface area contributed by atoms with E-state index in [1.165, 1.54) is 0 Å². The van der Waals surface area contributed by atoms with E-state index in [0.717, 1.165) is 19.4 Å². The SMILES string of the molecule is CC(=O)C(N)CCCNC(C)(C)C. The predicted octanol–water partition coefficient (Wildman–Crippen LogP) is 1.07. The Kier molecular flexibility index (Phi) is 5.18. The average molecular weight is 186 g/mol. The zero-order valence-corrected chi connectivity index (χ0v) is 9.18. The van der Waals surface area contributed by atoms with Crippen LogP contribution in [-0.4, -0.2) is 23.9 Å². The summed E-state index contributed by atoms with van der Waals surface area (Å²) in [5.41, 5.74) is 5.74. The van der Waals surface area contributed by atoms with Crippen molar-refractivity contribution in [3.05, 3.63) is 0 Å². The van der Waals surface area contributed by atoms with Crippen molar-refractivity contribution in [3.63, 3.8) is 0 Å². The average Bonchev–Trinajstić information content (AvgIpc) is 1.95. The third-order valence-corrected chi connectivity index (χ3v) is 1.87. The van der Waals surface area contributed by atoms with Crippen LogP contribution in [0.2, 0.25) is 0 Å². The summed E-state index contributed by atoms with van der Waals surface area (Å²) in [6, 6.07) is -0.276. The van der Waals surface area contributed by atoms with E-state index in [1.54, 1.807) is 6.92 Å². The van der Waals surface area contributed by atoms with Gasteiger partial charge >= 0.3 is 0 Å². The quantitative estimate of drug-likeness (QED) is 0.631. The van der Waals surface area contributed by atoms with Crippen molar-refractivity contribution in [2.24, 2.45) is 5.73 Å². The lowest BCUT2D eigenvalue weighted by molar-refractivity contribution is -0.118. The summed E-state index contributed by atoms with van der Waals surface area (Å²) in [7, 11) is 0. The minimum Gasteiger partial charge on any atom is -0.322 e. The van der Waals surface area contributed by atoms with Gasteiger partial charge in [0.2, 0.25) is 0 Å². The first kappa shape index (κ1) is 12.6. The maximum Gasteiger partial charge on any atom is 0.146 e. The van der Waals surface area contributed by atoms with E-state index in [0.29, 0.717) is 0 Å². The second-order valence-electron chi connectivity index (χ2n) is 4.54. The van der Waals surface area contributed by atoms with Gasteiger partial charge in [-0.1, -0.05) is 0 Å². The molecule has 0 saturated carbocycles. The molecule has 0 bridgehead atoms. The van der Waals surface area contributed by atoms with E-state index in [4.69, 9.17) is 5.73 Å². The number of nitrogens with two attached hydrogens (primary N) is 1. The van der Waals surface area contributed by atoms with Gasteiger partial charge in [0.05, 0.1) is 6.04 Å². The first-order valence-corrected chi connectivity index (χ1v) is 4.84. The lowest BCUT2D eigenvalue weighted by Gasteiger charge is -2.20. The first-order valence-electron chi connectivity index (χ1n) is 4.84. The number of hydrogen-bond donors (Lipinski definition) is 2. The first-order chi connectivity index (χ1) is 5.83. The third-order valence-electron chi connectivity index (χ3n) is 1.87. The molecule has 0 aromatic carbocycles. The van der Waals surface area contributed by atoms with Gasteiger partial charge in [0, 0.05) is 5.54 Å². The Bertz CT molecular complexity index is 161. The molecule has 0 aliphatic heterocycles. The second kappa shape index (κ2) is 5.35. The Labute approximate surface area is 81.1 Å². The molecule has 0 saturated heterocycles. The van der Waals surface area contributed by atoms with Gasteiger partial charge in [0.1, 0.15) is 5.78 Å². The summed E-state index contributed by atoms with van der Waals surface area (Å²) >= 11 is 0. The van der Waals surface area contributed by atoms with Crippen molar-refractivity contribution < 1.29 is 4.79 Å². The maximum atomic E-state index is 10.8. The highest BCUT2D eigenvalue weighted by Crippen LogP contribution is 2.00. The molecule has 3 nitrogen and oxygen atoms in total. The zero-order valence-electron chi connectivity index (χ0n) is 9.18. The topological polar surface area (TPSA) is 55.1 Å². The molecule has 0 spiro atoms. The summed E-state index contributed by atoms with van der Waals surface area (Å²) in [4.78, 5) is 10.8. The van der Waals surface area contributed by atoms with Gasteiger partial charge in [0.15, 0.2) is 0 Å². The molecular formula is C10H22N2O. The van der Waals surface area contributed by atoms with Gasteiger partial charge in [0.25, 0.3) is 0 Å². The number of carbonyl (C=O) groups is 1. The van der Waals surface area contributed by atoms with Crippen LogP contribution < -0.4 is 11.1 Å². The van der Waals surface area contributed by atoms with Crippen molar-refractivity contribution in [2.45, 2.75) is 52.1 Å². The number of rotatable bonds is 5. The molecular weight excluding hydrogens is 164 g/mol. The van der Waals surface area contributed by atoms with Crippen LogP contribution in [-0.2, 0) is 4.79 Å². The van der Waals surface area contributed by atoms with Gasteiger partial charge in [-0.15, -0.1) is 0 Å². The van der Waals surface area contributed by atoms with Crippen molar-refractivity contribution in [3.8, 4) is 0 Å². The minimum absolute atomic E-state index is 0.0794. The molecule has 13 heavy (non-hydrogen) atoms. The van der Waals surface area contributed by atoms with Crippen LogP contribution in [0, 0.1) is 0 Å².